The Hall–Kier alpha value is -1.35. The van der Waals surface area contributed by atoms with E-state index in [0.29, 0.717) is 6.61 Å². The van der Waals surface area contributed by atoms with Crippen LogP contribution in [0.4, 0.5) is 0 Å². The molecule has 0 aromatic heterocycles. The van der Waals surface area contributed by atoms with Gasteiger partial charge in [-0.2, -0.15) is 0 Å². The molecule has 0 saturated heterocycles. The number of rotatable bonds is 3. The molecule has 0 radical (unpaired) electrons. The summed E-state index contributed by atoms with van der Waals surface area (Å²) in [6.45, 7) is 6.66. The minimum Gasteiger partial charge on any atom is -0.384 e. The van der Waals surface area contributed by atoms with E-state index in [4.69, 9.17) is 15.9 Å². The standard InChI is InChI=1S/C12H18N2O/c1-12(2,3)15-8-9-4-6-10(7-5-9)11(13)14/h4-7H,8H2,1-3H3,(H3,13,14). The molecule has 0 aliphatic heterocycles. The van der Waals surface area contributed by atoms with Gasteiger partial charge in [-0.15, -0.1) is 0 Å². The van der Waals surface area contributed by atoms with Crippen molar-refractivity contribution in [2.24, 2.45) is 5.73 Å². The molecule has 82 valence electrons. The first-order valence-corrected chi connectivity index (χ1v) is 4.96. The highest BCUT2D eigenvalue weighted by atomic mass is 16.5. The fourth-order valence-corrected chi connectivity index (χ4v) is 1.08. The van der Waals surface area contributed by atoms with E-state index in [1.54, 1.807) is 0 Å². The van der Waals surface area contributed by atoms with Gasteiger partial charge in [-0.25, -0.2) is 0 Å². The first-order chi connectivity index (χ1) is 6.88. The molecule has 3 N–H and O–H groups in total. The maximum Gasteiger partial charge on any atom is 0.122 e. The van der Waals surface area contributed by atoms with Crippen molar-refractivity contribution in [2.75, 3.05) is 0 Å². The molecule has 1 aromatic rings. The van der Waals surface area contributed by atoms with Crippen molar-refractivity contribution in [3.63, 3.8) is 0 Å². The smallest absolute Gasteiger partial charge is 0.122 e. The van der Waals surface area contributed by atoms with E-state index in [1.165, 1.54) is 0 Å². The van der Waals surface area contributed by atoms with Gasteiger partial charge in [0.2, 0.25) is 0 Å². The third-order valence-corrected chi connectivity index (χ3v) is 1.94. The van der Waals surface area contributed by atoms with Gasteiger partial charge in [0, 0.05) is 5.56 Å². The number of nitrogens with one attached hydrogen (secondary N) is 1. The molecule has 0 fully saturated rings. The molecular weight excluding hydrogens is 188 g/mol. The van der Waals surface area contributed by atoms with E-state index in [-0.39, 0.29) is 11.4 Å². The Bertz CT molecular complexity index is 336. The summed E-state index contributed by atoms with van der Waals surface area (Å²) in [5, 5.41) is 7.25. The first kappa shape index (κ1) is 11.7. The SMILES string of the molecule is CC(C)(C)OCc1ccc(C(=N)N)cc1. The van der Waals surface area contributed by atoms with E-state index >= 15 is 0 Å². The number of nitrogen functional groups attached to an aromatic ring is 1. The van der Waals surface area contributed by atoms with Crippen LogP contribution in [0.2, 0.25) is 0 Å². The van der Waals surface area contributed by atoms with Crippen LogP contribution in [0.1, 0.15) is 31.9 Å². The lowest BCUT2D eigenvalue weighted by atomic mass is 10.1. The molecule has 1 aromatic carbocycles. The lowest BCUT2D eigenvalue weighted by Crippen LogP contribution is -2.18. The molecule has 1 rings (SSSR count). The van der Waals surface area contributed by atoms with Crippen molar-refractivity contribution < 1.29 is 4.74 Å². The summed E-state index contributed by atoms with van der Waals surface area (Å²) in [5.41, 5.74) is 7.07. The maximum atomic E-state index is 7.25. The maximum absolute atomic E-state index is 7.25. The fraction of sp³-hybridized carbons (Fsp3) is 0.417. The van der Waals surface area contributed by atoms with Gasteiger partial charge in [-0.05, 0) is 26.3 Å². The van der Waals surface area contributed by atoms with Crippen LogP contribution < -0.4 is 5.73 Å². The van der Waals surface area contributed by atoms with E-state index in [0.717, 1.165) is 11.1 Å². The predicted octanol–water partition coefficient (Wildman–Crippen LogP) is 2.29. The summed E-state index contributed by atoms with van der Waals surface area (Å²) in [6.07, 6.45) is 0. The number of ether oxygens (including phenoxy) is 1. The fourth-order valence-electron chi connectivity index (χ4n) is 1.08. The zero-order valence-electron chi connectivity index (χ0n) is 9.50. The highest BCUT2D eigenvalue weighted by molar-refractivity contribution is 5.94. The van der Waals surface area contributed by atoms with Crippen LogP contribution in [0, 0.1) is 5.41 Å². The minimum absolute atomic E-state index is 0.0956. The van der Waals surface area contributed by atoms with Crippen LogP contribution in [-0.4, -0.2) is 11.4 Å². The number of nitrogens with two attached hydrogens (primary N) is 1. The van der Waals surface area contributed by atoms with Gasteiger partial charge in [-0.3, -0.25) is 5.41 Å². The summed E-state index contributed by atoms with van der Waals surface area (Å²) in [5.74, 6) is 0.0956. The summed E-state index contributed by atoms with van der Waals surface area (Å²) in [6, 6.07) is 7.54. The Labute approximate surface area is 90.8 Å². The van der Waals surface area contributed by atoms with Crippen molar-refractivity contribution in [3.05, 3.63) is 35.4 Å². The Morgan fingerprint density at radius 2 is 1.80 bits per heavy atom. The summed E-state index contributed by atoms with van der Waals surface area (Å²) >= 11 is 0. The molecule has 0 unspecified atom stereocenters. The molecule has 0 saturated carbocycles. The minimum atomic E-state index is -0.126. The number of hydrogen-bond donors (Lipinski definition) is 2. The second-order valence-electron chi connectivity index (χ2n) is 4.51. The van der Waals surface area contributed by atoms with Gasteiger partial charge in [0.05, 0.1) is 12.2 Å². The summed E-state index contributed by atoms with van der Waals surface area (Å²) < 4.78 is 5.63. The van der Waals surface area contributed by atoms with Crippen molar-refractivity contribution in [3.8, 4) is 0 Å². The van der Waals surface area contributed by atoms with Crippen molar-refractivity contribution in [1.29, 1.82) is 5.41 Å². The number of amidine groups is 1. The van der Waals surface area contributed by atoms with Crippen LogP contribution in [0.3, 0.4) is 0 Å². The van der Waals surface area contributed by atoms with Gasteiger partial charge in [0.15, 0.2) is 0 Å². The Kier molecular flexibility index (Phi) is 3.48. The molecule has 0 bridgehead atoms. The second-order valence-corrected chi connectivity index (χ2v) is 4.51. The van der Waals surface area contributed by atoms with E-state index in [1.807, 2.05) is 45.0 Å². The van der Waals surface area contributed by atoms with Gasteiger partial charge in [0.25, 0.3) is 0 Å². The van der Waals surface area contributed by atoms with Crippen LogP contribution >= 0.6 is 0 Å². The van der Waals surface area contributed by atoms with Crippen LogP contribution in [0.15, 0.2) is 24.3 Å². The number of benzene rings is 1. The predicted molar refractivity (Wildman–Crippen MR) is 62.0 cm³/mol. The molecule has 0 amide bonds. The highest BCUT2D eigenvalue weighted by Crippen LogP contribution is 2.12. The highest BCUT2D eigenvalue weighted by Gasteiger charge is 2.09. The third-order valence-electron chi connectivity index (χ3n) is 1.94. The topological polar surface area (TPSA) is 59.1 Å². The van der Waals surface area contributed by atoms with Crippen LogP contribution in [0.5, 0.6) is 0 Å². The summed E-state index contributed by atoms with van der Waals surface area (Å²) in [4.78, 5) is 0. The Morgan fingerprint density at radius 1 is 1.27 bits per heavy atom. The molecule has 0 spiro atoms. The average Bonchev–Trinajstić information content (AvgIpc) is 2.14. The van der Waals surface area contributed by atoms with Gasteiger partial charge < -0.3 is 10.5 Å². The average molecular weight is 206 g/mol. The van der Waals surface area contributed by atoms with Crippen LogP contribution in [0.25, 0.3) is 0 Å². The molecule has 0 aliphatic carbocycles. The van der Waals surface area contributed by atoms with E-state index < -0.39 is 0 Å². The summed E-state index contributed by atoms with van der Waals surface area (Å²) in [7, 11) is 0. The van der Waals surface area contributed by atoms with Crippen molar-refractivity contribution in [1.82, 2.24) is 0 Å². The first-order valence-electron chi connectivity index (χ1n) is 4.96. The number of hydrogen-bond acceptors (Lipinski definition) is 2. The van der Waals surface area contributed by atoms with Crippen molar-refractivity contribution >= 4 is 5.84 Å². The molecule has 0 aliphatic rings. The lowest BCUT2D eigenvalue weighted by molar-refractivity contribution is -0.0149. The van der Waals surface area contributed by atoms with Crippen molar-refractivity contribution in [2.45, 2.75) is 33.0 Å². The van der Waals surface area contributed by atoms with Gasteiger partial charge in [-0.1, -0.05) is 24.3 Å². The lowest BCUT2D eigenvalue weighted by Gasteiger charge is -2.19. The zero-order chi connectivity index (χ0) is 11.5. The van der Waals surface area contributed by atoms with Gasteiger partial charge in [0.1, 0.15) is 5.84 Å². The van der Waals surface area contributed by atoms with E-state index in [9.17, 15) is 0 Å². The molecule has 3 nitrogen and oxygen atoms in total. The zero-order valence-corrected chi connectivity index (χ0v) is 9.50. The van der Waals surface area contributed by atoms with Crippen LogP contribution in [-0.2, 0) is 11.3 Å². The molecule has 15 heavy (non-hydrogen) atoms. The largest absolute Gasteiger partial charge is 0.384 e. The Balaban J connectivity index is 2.61. The van der Waals surface area contributed by atoms with Gasteiger partial charge >= 0.3 is 0 Å². The normalized spacial score (nSPS) is 11.4. The monoisotopic (exact) mass is 206 g/mol. The quantitative estimate of drug-likeness (QED) is 0.589. The molecular formula is C12H18N2O. The molecule has 3 heteroatoms. The third kappa shape index (κ3) is 4.13. The molecule has 0 atom stereocenters. The van der Waals surface area contributed by atoms with E-state index in [2.05, 4.69) is 0 Å². The second kappa shape index (κ2) is 4.45. The Morgan fingerprint density at radius 3 is 2.20 bits per heavy atom. The molecule has 0 heterocycles.